The van der Waals surface area contributed by atoms with Crippen LogP contribution in [0.5, 0.6) is 11.5 Å². The predicted octanol–water partition coefficient (Wildman–Crippen LogP) is 5.04. The zero-order chi connectivity index (χ0) is 24.3. The van der Waals surface area contributed by atoms with E-state index in [2.05, 4.69) is 4.90 Å². The van der Waals surface area contributed by atoms with Crippen molar-refractivity contribution >= 4 is 18.0 Å². The normalized spacial score (nSPS) is 17.5. The topological polar surface area (TPSA) is 88.9 Å². The fraction of sp³-hybridized carbons (Fsp3) is 0.593. The zero-order valence-corrected chi connectivity index (χ0v) is 20.4. The van der Waals surface area contributed by atoms with E-state index in [0.29, 0.717) is 29.1 Å². The molecule has 184 valence electrons. The summed E-state index contributed by atoms with van der Waals surface area (Å²) in [6.07, 6.45) is 13.0. The molecule has 0 N–H and O–H groups in total. The van der Waals surface area contributed by atoms with Crippen LogP contribution in [0.15, 0.2) is 23.8 Å². The van der Waals surface area contributed by atoms with Gasteiger partial charge >= 0.3 is 5.97 Å². The quantitative estimate of drug-likeness (QED) is 0.287. The first-order valence-corrected chi connectivity index (χ1v) is 12.5. The SMILES string of the molecule is CCOC(=O)C(C#N)=Cc1ccc(OCC(=O)N(C2CCCCC2)C2CCCCC2)c(OC)c1. The molecular formula is C27H36N2O5. The number of nitrogens with zero attached hydrogens (tertiary/aromatic N) is 2. The highest BCUT2D eigenvalue weighted by Crippen LogP contribution is 2.32. The average molecular weight is 469 g/mol. The van der Waals surface area contributed by atoms with E-state index in [4.69, 9.17) is 14.2 Å². The maximum absolute atomic E-state index is 13.4. The van der Waals surface area contributed by atoms with Gasteiger partial charge in [0, 0.05) is 12.1 Å². The fourth-order valence-corrected chi connectivity index (χ4v) is 5.04. The standard InChI is InChI=1S/C27H36N2O5/c1-3-33-27(31)21(18-28)16-20-14-15-24(25(17-20)32-2)34-19-26(30)29(22-10-6-4-7-11-22)23-12-8-5-9-13-23/h14-17,22-23H,3-13,19H2,1-2H3. The summed E-state index contributed by atoms with van der Waals surface area (Å²) in [4.78, 5) is 27.4. The molecule has 1 amide bonds. The second-order valence-corrected chi connectivity index (χ2v) is 8.97. The van der Waals surface area contributed by atoms with Gasteiger partial charge in [0.15, 0.2) is 18.1 Å². The van der Waals surface area contributed by atoms with Crippen molar-refractivity contribution < 1.29 is 23.8 Å². The lowest BCUT2D eigenvalue weighted by Crippen LogP contribution is -2.50. The average Bonchev–Trinajstić information content (AvgIpc) is 2.87. The number of esters is 1. The Bertz CT molecular complexity index is 890. The summed E-state index contributed by atoms with van der Waals surface area (Å²) in [6.45, 7) is 1.85. The van der Waals surface area contributed by atoms with E-state index in [0.717, 1.165) is 25.7 Å². The van der Waals surface area contributed by atoms with Crippen molar-refractivity contribution in [1.82, 2.24) is 4.90 Å². The first-order valence-electron chi connectivity index (χ1n) is 12.5. The Labute approximate surface area is 202 Å². The molecule has 0 heterocycles. The summed E-state index contributed by atoms with van der Waals surface area (Å²) in [5.74, 6) is 0.263. The molecule has 34 heavy (non-hydrogen) atoms. The van der Waals surface area contributed by atoms with Gasteiger partial charge in [0.2, 0.25) is 0 Å². The van der Waals surface area contributed by atoms with Crippen LogP contribution < -0.4 is 9.47 Å². The van der Waals surface area contributed by atoms with Crippen molar-refractivity contribution in [3.63, 3.8) is 0 Å². The lowest BCUT2D eigenvalue weighted by atomic mass is 9.88. The third-order valence-electron chi connectivity index (χ3n) is 6.69. The molecule has 0 aliphatic heterocycles. The minimum absolute atomic E-state index is 0.0369. The summed E-state index contributed by atoms with van der Waals surface area (Å²) >= 11 is 0. The molecule has 2 fully saturated rings. The van der Waals surface area contributed by atoms with E-state index in [1.165, 1.54) is 51.7 Å². The molecule has 0 saturated heterocycles. The maximum Gasteiger partial charge on any atom is 0.348 e. The van der Waals surface area contributed by atoms with Crippen LogP contribution in [0.3, 0.4) is 0 Å². The Kier molecular flexibility index (Phi) is 9.81. The number of ether oxygens (including phenoxy) is 3. The van der Waals surface area contributed by atoms with Gasteiger partial charge in [-0.05, 0) is 56.4 Å². The van der Waals surface area contributed by atoms with Crippen molar-refractivity contribution in [2.45, 2.75) is 83.2 Å². The van der Waals surface area contributed by atoms with Gasteiger partial charge in [-0.1, -0.05) is 44.6 Å². The molecule has 1 aromatic rings. The molecule has 0 aromatic heterocycles. The molecule has 2 aliphatic carbocycles. The van der Waals surface area contributed by atoms with E-state index in [1.807, 2.05) is 6.07 Å². The monoisotopic (exact) mass is 468 g/mol. The number of rotatable bonds is 9. The number of hydrogen-bond acceptors (Lipinski definition) is 6. The molecule has 2 aliphatic rings. The zero-order valence-electron chi connectivity index (χ0n) is 20.4. The molecule has 1 aromatic carbocycles. The van der Waals surface area contributed by atoms with E-state index in [-0.39, 0.29) is 24.7 Å². The minimum atomic E-state index is -0.666. The van der Waals surface area contributed by atoms with Crippen molar-refractivity contribution in [2.24, 2.45) is 0 Å². The van der Waals surface area contributed by atoms with Crippen LogP contribution in [0.25, 0.3) is 6.08 Å². The van der Waals surface area contributed by atoms with Crippen LogP contribution in [-0.2, 0) is 14.3 Å². The first-order chi connectivity index (χ1) is 16.6. The van der Waals surface area contributed by atoms with Gasteiger partial charge in [0.05, 0.1) is 13.7 Å². The molecule has 3 rings (SSSR count). The summed E-state index contributed by atoms with van der Waals surface area (Å²) < 4.78 is 16.3. The number of benzene rings is 1. The molecule has 0 unspecified atom stereocenters. The second kappa shape index (κ2) is 13.0. The van der Waals surface area contributed by atoms with Crippen LogP contribution in [0, 0.1) is 11.3 Å². The van der Waals surface area contributed by atoms with Gasteiger partial charge in [-0.2, -0.15) is 5.26 Å². The maximum atomic E-state index is 13.4. The summed E-state index contributed by atoms with van der Waals surface area (Å²) in [5.41, 5.74) is 0.509. The molecule has 0 radical (unpaired) electrons. The van der Waals surface area contributed by atoms with Crippen molar-refractivity contribution in [1.29, 1.82) is 5.26 Å². The number of nitriles is 1. The third-order valence-corrected chi connectivity index (χ3v) is 6.69. The van der Waals surface area contributed by atoms with Crippen molar-refractivity contribution in [3.05, 3.63) is 29.3 Å². The van der Waals surface area contributed by atoms with Gasteiger partial charge < -0.3 is 19.1 Å². The number of carbonyl (C=O) groups is 2. The Morgan fingerprint density at radius 1 is 1.03 bits per heavy atom. The highest BCUT2D eigenvalue weighted by molar-refractivity contribution is 5.97. The van der Waals surface area contributed by atoms with E-state index in [1.54, 1.807) is 25.1 Å². The Hall–Kier alpha value is -3.01. The summed E-state index contributed by atoms with van der Waals surface area (Å²) in [5, 5.41) is 9.26. The highest BCUT2D eigenvalue weighted by Gasteiger charge is 2.32. The van der Waals surface area contributed by atoms with E-state index >= 15 is 0 Å². The van der Waals surface area contributed by atoms with Crippen molar-refractivity contribution in [2.75, 3.05) is 20.3 Å². The smallest absolute Gasteiger partial charge is 0.348 e. The van der Waals surface area contributed by atoms with Gasteiger partial charge in [0.25, 0.3) is 5.91 Å². The molecule has 0 spiro atoms. The van der Waals surface area contributed by atoms with E-state index in [9.17, 15) is 14.9 Å². The van der Waals surface area contributed by atoms with Crippen molar-refractivity contribution in [3.8, 4) is 17.6 Å². The van der Waals surface area contributed by atoms with Crippen LogP contribution in [-0.4, -0.2) is 49.2 Å². The number of hydrogen-bond donors (Lipinski definition) is 0. The van der Waals surface area contributed by atoms with Gasteiger partial charge in [-0.3, -0.25) is 4.79 Å². The fourth-order valence-electron chi connectivity index (χ4n) is 5.04. The first kappa shape index (κ1) is 25.6. The highest BCUT2D eigenvalue weighted by atomic mass is 16.5. The van der Waals surface area contributed by atoms with Crippen LogP contribution >= 0.6 is 0 Å². The van der Waals surface area contributed by atoms with Gasteiger partial charge in [-0.15, -0.1) is 0 Å². The molecule has 7 nitrogen and oxygen atoms in total. The van der Waals surface area contributed by atoms with Gasteiger partial charge in [-0.25, -0.2) is 4.79 Å². The number of amides is 1. The molecular weight excluding hydrogens is 432 g/mol. The Balaban J connectivity index is 1.71. The largest absolute Gasteiger partial charge is 0.493 e. The number of carbonyl (C=O) groups excluding carboxylic acids is 2. The lowest BCUT2D eigenvalue weighted by Gasteiger charge is -2.41. The molecule has 7 heteroatoms. The van der Waals surface area contributed by atoms with Crippen LogP contribution in [0.2, 0.25) is 0 Å². The third kappa shape index (κ3) is 6.75. The molecule has 0 bridgehead atoms. The Morgan fingerprint density at radius 2 is 1.65 bits per heavy atom. The molecule has 2 saturated carbocycles. The van der Waals surface area contributed by atoms with E-state index < -0.39 is 5.97 Å². The number of methoxy groups -OCH3 is 1. The molecule has 0 atom stereocenters. The predicted molar refractivity (Wildman–Crippen MR) is 129 cm³/mol. The van der Waals surface area contributed by atoms with Gasteiger partial charge in [0.1, 0.15) is 11.6 Å². The van der Waals surface area contributed by atoms with Crippen LogP contribution in [0.1, 0.15) is 76.7 Å². The van der Waals surface area contributed by atoms with Crippen LogP contribution in [0.4, 0.5) is 0 Å². The summed E-state index contributed by atoms with van der Waals surface area (Å²) in [7, 11) is 1.52. The summed E-state index contributed by atoms with van der Waals surface area (Å²) in [6, 6.07) is 7.59. The minimum Gasteiger partial charge on any atom is -0.493 e. The lowest BCUT2D eigenvalue weighted by molar-refractivity contribution is -0.140. The Morgan fingerprint density at radius 3 is 2.18 bits per heavy atom. The second-order valence-electron chi connectivity index (χ2n) is 8.97.